The van der Waals surface area contributed by atoms with Crippen molar-refractivity contribution in [1.29, 1.82) is 0 Å². The summed E-state index contributed by atoms with van der Waals surface area (Å²) in [6.07, 6.45) is 0.952. The molecule has 0 aliphatic heterocycles. The van der Waals surface area contributed by atoms with Crippen molar-refractivity contribution in [3.63, 3.8) is 0 Å². The van der Waals surface area contributed by atoms with Crippen LogP contribution in [0.15, 0.2) is 188 Å². The van der Waals surface area contributed by atoms with Gasteiger partial charge in [-0.3, -0.25) is 4.79 Å². The van der Waals surface area contributed by atoms with Gasteiger partial charge in [0.2, 0.25) is 0 Å². The van der Waals surface area contributed by atoms with Crippen LogP contribution in [0.3, 0.4) is 0 Å². The molecule has 3 nitrogen and oxygen atoms in total. The molecule has 7 aromatic rings. The van der Waals surface area contributed by atoms with E-state index in [4.69, 9.17) is 0 Å². The SMILES string of the molecule is O=Cc1cc(-c2ccc(N(c3ccccc3)c3ccccc3)cc2)ccc1-c1ccc(N(c2ccccc2)c2ccccc2)cc1. The Hall–Kier alpha value is -6.19. The highest BCUT2D eigenvalue weighted by Crippen LogP contribution is 2.38. The lowest BCUT2D eigenvalue weighted by molar-refractivity contribution is 0.112. The largest absolute Gasteiger partial charge is 0.311 e. The van der Waals surface area contributed by atoms with E-state index in [9.17, 15) is 4.79 Å². The van der Waals surface area contributed by atoms with Crippen LogP contribution >= 0.6 is 0 Å². The Balaban J connectivity index is 1.18. The molecule has 3 heteroatoms. The zero-order valence-corrected chi connectivity index (χ0v) is 25.3. The number of nitrogens with zero attached hydrogens (tertiary/aromatic N) is 2. The third kappa shape index (κ3) is 5.95. The predicted octanol–water partition coefficient (Wildman–Crippen LogP) is 11.8. The molecule has 46 heavy (non-hydrogen) atoms. The second-order valence-electron chi connectivity index (χ2n) is 11.0. The third-order valence-electron chi connectivity index (χ3n) is 8.13. The second-order valence-corrected chi connectivity index (χ2v) is 11.0. The number of benzene rings is 7. The first-order valence-corrected chi connectivity index (χ1v) is 15.4. The van der Waals surface area contributed by atoms with Gasteiger partial charge in [-0.15, -0.1) is 0 Å². The van der Waals surface area contributed by atoms with Crippen LogP contribution in [0.25, 0.3) is 22.3 Å². The van der Waals surface area contributed by atoms with Gasteiger partial charge in [0.1, 0.15) is 0 Å². The molecule has 0 bridgehead atoms. The number of aldehydes is 1. The van der Waals surface area contributed by atoms with E-state index in [1.54, 1.807) is 0 Å². The fraction of sp³-hybridized carbons (Fsp3) is 0. The van der Waals surface area contributed by atoms with Crippen LogP contribution in [-0.2, 0) is 0 Å². The fourth-order valence-corrected chi connectivity index (χ4v) is 5.90. The van der Waals surface area contributed by atoms with Crippen LogP contribution in [0, 0.1) is 0 Å². The molecular formula is C43H32N2O. The van der Waals surface area contributed by atoms with Crippen LogP contribution in [0.1, 0.15) is 10.4 Å². The van der Waals surface area contributed by atoms with Crippen molar-refractivity contribution in [2.45, 2.75) is 0 Å². The quantitative estimate of drug-likeness (QED) is 0.156. The lowest BCUT2D eigenvalue weighted by Crippen LogP contribution is -2.09. The average molecular weight is 593 g/mol. The Morgan fingerprint density at radius 1 is 0.326 bits per heavy atom. The van der Waals surface area contributed by atoms with E-state index in [2.05, 4.69) is 137 Å². The van der Waals surface area contributed by atoms with E-state index in [-0.39, 0.29) is 0 Å². The van der Waals surface area contributed by atoms with Gasteiger partial charge in [0, 0.05) is 39.7 Å². The van der Waals surface area contributed by atoms with Crippen LogP contribution in [0.2, 0.25) is 0 Å². The highest BCUT2D eigenvalue weighted by Gasteiger charge is 2.15. The molecule has 0 spiro atoms. The predicted molar refractivity (Wildman–Crippen MR) is 192 cm³/mol. The van der Waals surface area contributed by atoms with E-state index in [1.807, 2.05) is 60.7 Å². The summed E-state index contributed by atoms with van der Waals surface area (Å²) >= 11 is 0. The monoisotopic (exact) mass is 592 g/mol. The molecule has 0 saturated carbocycles. The second kappa shape index (κ2) is 13.2. The molecule has 0 heterocycles. The summed E-state index contributed by atoms with van der Waals surface area (Å²) in [5.74, 6) is 0. The van der Waals surface area contributed by atoms with Crippen molar-refractivity contribution in [2.75, 3.05) is 9.80 Å². The number of carbonyl (C=O) groups excluding carboxylic acids is 1. The fourth-order valence-electron chi connectivity index (χ4n) is 5.90. The van der Waals surface area contributed by atoms with E-state index >= 15 is 0 Å². The summed E-state index contributed by atoms with van der Waals surface area (Å²) < 4.78 is 0. The van der Waals surface area contributed by atoms with E-state index in [1.165, 1.54) is 0 Å². The van der Waals surface area contributed by atoms with Gasteiger partial charge >= 0.3 is 0 Å². The number of hydrogen-bond acceptors (Lipinski definition) is 3. The maximum absolute atomic E-state index is 12.4. The lowest BCUT2D eigenvalue weighted by atomic mass is 9.95. The summed E-state index contributed by atoms with van der Waals surface area (Å²) in [4.78, 5) is 16.8. The molecule has 7 aromatic carbocycles. The molecule has 0 fully saturated rings. The van der Waals surface area contributed by atoms with Gasteiger partial charge in [-0.25, -0.2) is 0 Å². The van der Waals surface area contributed by atoms with Crippen LogP contribution in [0.4, 0.5) is 34.1 Å². The minimum absolute atomic E-state index is 0.660. The molecule has 0 unspecified atom stereocenters. The first-order valence-electron chi connectivity index (χ1n) is 15.4. The maximum Gasteiger partial charge on any atom is 0.150 e. The zero-order valence-electron chi connectivity index (χ0n) is 25.3. The standard InChI is InChI=1S/C43H32N2O/c46-32-36-31-35(33-21-26-41(27-22-33)44(37-13-5-1-6-14-37)38-15-7-2-8-16-38)25-30-43(36)34-23-28-42(29-24-34)45(39-17-9-3-10-18-39)40-19-11-4-12-20-40/h1-32H. The van der Waals surface area contributed by atoms with Crippen LogP contribution in [0.5, 0.6) is 0 Å². The molecule has 0 aliphatic rings. The number of rotatable bonds is 9. The van der Waals surface area contributed by atoms with Crippen molar-refractivity contribution in [1.82, 2.24) is 0 Å². The van der Waals surface area contributed by atoms with Crippen molar-refractivity contribution >= 4 is 40.4 Å². The number of para-hydroxylation sites is 4. The van der Waals surface area contributed by atoms with Crippen LogP contribution in [-0.4, -0.2) is 6.29 Å². The molecule has 7 rings (SSSR count). The minimum Gasteiger partial charge on any atom is -0.311 e. The molecule has 0 saturated heterocycles. The number of carbonyl (C=O) groups is 1. The molecule has 0 N–H and O–H groups in total. The first kappa shape index (κ1) is 28.6. The Morgan fingerprint density at radius 2 is 0.652 bits per heavy atom. The molecular weight excluding hydrogens is 560 g/mol. The lowest BCUT2D eigenvalue weighted by Gasteiger charge is -2.25. The normalized spacial score (nSPS) is 10.7. The smallest absolute Gasteiger partial charge is 0.150 e. The molecule has 220 valence electrons. The Morgan fingerprint density at radius 3 is 1.02 bits per heavy atom. The Labute approximate surface area is 270 Å². The summed E-state index contributed by atoms with van der Waals surface area (Å²) in [6, 6.07) is 64.5. The summed E-state index contributed by atoms with van der Waals surface area (Å²) in [5, 5.41) is 0. The molecule has 0 radical (unpaired) electrons. The van der Waals surface area contributed by atoms with E-state index in [0.29, 0.717) is 5.56 Å². The topological polar surface area (TPSA) is 23.6 Å². The summed E-state index contributed by atoms with van der Waals surface area (Å²) in [6.45, 7) is 0. The van der Waals surface area contributed by atoms with Gasteiger partial charge in [-0.05, 0) is 101 Å². The Kier molecular flexibility index (Phi) is 8.20. The summed E-state index contributed by atoms with van der Waals surface area (Å²) in [5.41, 5.74) is 11.1. The number of anilines is 6. The van der Waals surface area contributed by atoms with Crippen molar-refractivity contribution in [3.8, 4) is 22.3 Å². The average Bonchev–Trinajstić information content (AvgIpc) is 3.14. The molecule has 0 aliphatic carbocycles. The van der Waals surface area contributed by atoms with Gasteiger partial charge in [-0.2, -0.15) is 0 Å². The number of hydrogen-bond donors (Lipinski definition) is 0. The van der Waals surface area contributed by atoms with Crippen molar-refractivity contribution in [3.05, 3.63) is 194 Å². The highest BCUT2D eigenvalue weighted by atomic mass is 16.1. The van der Waals surface area contributed by atoms with E-state index < -0.39 is 0 Å². The van der Waals surface area contributed by atoms with Gasteiger partial charge in [0.25, 0.3) is 0 Å². The highest BCUT2D eigenvalue weighted by molar-refractivity contribution is 5.91. The Bertz CT molecular complexity index is 1950. The summed E-state index contributed by atoms with van der Waals surface area (Å²) in [7, 11) is 0. The minimum atomic E-state index is 0.660. The van der Waals surface area contributed by atoms with Crippen LogP contribution < -0.4 is 9.80 Å². The maximum atomic E-state index is 12.4. The van der Waals surface area contributed by atoms with Crippen molar-refractivity contribution < 1.29 is 4.79 Å². The molecule has 0 atom stereocenters. The van der Waals surface area contributed by atoms with Gasteiger partial charge < -0.3 is 9.80 Å². The van der Waals surface area contributed by atoms with Gasteiger partial charge in [-0.1, -0.05) is 109 Å². The zero-order chi connectivity index (χ0) is 31.1. The van der Waals surface area contributed by atoms with Gasteiger partial charge in [0.05, 0.1) is 0 Å². The first-order chi connectivity index (χ1) is 22.8. The van der Waals surface area contributed by atoms with E-state index in [0.717, 1.165) is 62.7 Å². The molecule has 0 aromatic heterocycles. The molecule has 0 amide bonds. The van der Waals surface area contributed by atoms with Crippen molar-refractivity contribution in [2.24, 2.45) is 0 Å². The van der Waals surface area contributed by atoms with Gasteiger partial charge in [0.15, 0.2) is 6.29 Å². The third-order valence-corrected chi connectivity index (χ3v) is 8.13.